The molecule has 1 heterocycles. The number of aliphatic hydroxyl groups is 1. The molecule has 2 bridgehead atoms. The van der Waals surface area contributed by atoms with Crippen molar-refractivity contribution < 1.29 is 9.84 Å². The summed E-state index contributed by atoms with van der Waals surface area (Å²) >= 11 is 0. The van der Waals surface area contributed by atoms with E-state index in [2.05, 4.69) is 4.90 Å². The summed E-state index contributed by atoms with van der Waals surface area (Å²) < 4.78 is 5.03. The Hall–Kier alpha value is -0.120. The van der Waals surface area contributed by atoms with E-state index in [1.807, 2.05) is 0 Å². The second kappa shape index (κ2) is 3.32. The first-order chi connectivity index (χ1) is 5.81. The lowest BCUT2D eigenvalue weighted by atomic mass is 10.1. The Morgan fingerprint density at radius 2 is 2.33 bits per heavy atom. The molecule has 1 saturated heterocycles. The lowest BCUT2D eigenvalue weighted by molar-refractivity contribution is 0.0601. The van der Waals surface area contributed by atoms with Gasteiger partial charge < -0.3 is 9.84 Å². The summed E-state index contributed by atoms with van der Waals surface area (Å²) in [7, 11) is 1.74. The number of piperidine rings is 1. The first-order valence-electron chi connectivity index (χ1n) is 4.72. The van der Waals surface area contributed by atoms with Gasteiger partial charge >= 0.3 is 0 Å². The molecule has 70 valence electrons. The Balaban J connectivity index is 1.82. The Labute approximate surface area is 73.3 Å². The second-order valence-corrected chi connectivity index (χ2v) is 3.94. The summed E-state index contributed by atoms with van der Waals surface area (Å²) in [5, 5.41) is 9.50. The molecule has 0 aromatic heterocycles. The molecule has 12 heavy (non-hydrogen) atoms. The smallest absolute Gasteiger partial charge is 0.0596 e. The number of hydrogen-bond acceptors (Lipinski definition) is 3. The second-order valence-electron chi connectivity index (χ2n) is 3.94. The summed E-state index contributed by atoms with van der Waals surface area (Å²) in [6.07, 6.45) is 2.16. The Morgan fingerprint density at radius 1 is 1.50 bits per heavy atom. The first-order valence-corrected chi connectivity index (χ1v) is 4.72. The van der Waals surface area contributed by atoms with Crippen LogP contribution in [0, 0.1) is 5.92 Å². The highest BCUT2D eigenvalue weighted by molar-refractivity contribution is 4.97. The quantitative estimate of drug-likeness (QED) is 0.653. The molecule has 2 rings (SSSR count). The van der Waals surface area contributed by atoms with Crippen molar-refractivity contribution in [3.63, 3.8) is 0 Å². The SMILES string of the molecule is COCCN1C[C@H]2C[C@H]1C[C@H]2O. The summed E-state index contributed by atoms with van der Waals surface area (Å²) in [4.78, 5) is 2.45. The summed E-state index contributed by atoms with van der Waals surface area (Å²) in [5.74, 6) is 0.548. The van der Waals surface area contributed by atoms with Crippen LogP contribution in [0.3, 0.4) is 0 Å². The van der Waals surface area contributed by atoms with Gasteiger partial charge in [0.1, 0.15) is 0 Å². The van der Waals surface area contributed by atoms with Crippen LogP contribution in [0.5, 0.6) is 0 Å². The number of hydrogen-bond donors (Lipinski definition) is 1. The molecule has 0 aromatic rings. The van der Waals surface area contributed by atoms with Gasteiger partial charge in [0.15, 0.2) is 0 Å². The Kier molecular flexibility index (Phi) is 2.35. The number of fused-ring (bicyclic) bond motifs is 2. The molecular formula is C9H17NO2. The monoisotopic (exact) mass is 171 g/mol. The van der Waals surface area contributed by atoms with Crippen LogP contribution in [0.25, 0.3) is 0 Å². The van der Waals surface area contributed by atoms with E-state index in [1.54, 1.807) is 7.11 Å². The third-order valence-corrected chi connectivity index (χ3v) is 3.20. The minimum atomic E-state index is -0.0196. The lowest BCUT2D eigenvalue weighted by Crippen LogP contribution is -2.39. The number of aliphatic hydroxyl groups excluding tert-OH is 1. The van der Waals surface area contributed by atoms with Crippen LogP contribution in [0.1, 0.15) is 12.8 Å². The Morgan fingerprint density at radius 3 is 2.83 bits per heavy atom. The molecule has 0 radical (unpaired) electrons. The third-order valence-electron chi connectivity index (χ3n) is 3.20. The van der Waals surface area contributed by atoms with Crippen molar-refractivity contribution in [1.82, 2.24) is 4.90 Å². The van der Waals surface area contributed by atoms with Gasteiger partial charge in [0.05, 0.1) is 12.7 Å². The van der Waals surface area contributed by atoms with Gasteiger partial charge in [-0.05, 0) is 18.8 Å². The molecule has 0 unspecified atom stereocenters. The largest absolute Gasteiger partial charge is 0.393 e. The number of ether oxygens (including phenoxy) is 1. The van der Waals surface area contributed by atoms with Crippen molar-refractivity contribution in [3.8, 4) is 0 Å². The Bertz CT molecular complexity index is 161. The highest BCUT2D eigenvalue weighted by atomic mass is 16.5. The fourth-order valence-electron chi connectivity index (χ4n) is 2.50. The van der Waals surface area contributed by atoms with Crippen molar-refractivity contribution >= 4 is 0 Å². The van der Waals surface area contributed by atoms with E-state index in [0.29, 0.717) is 12.0 Å². The number of likely N-dealkylation sites (tertiary alicyclic amines) is 1. The van der Waals surface area contributed by atoms with Crippen LogP contribution in [0.2, 0.25) is 0 Å². The van der Waals surface area contributed by atoms with Crippen molar-refractivity contribution in [2.45, 2.75) is 25.0 Å². The maximum atomic E-state index is 9.50. The van der Waals surface area contributed by atoms with Crippen LogP contribution >= 0.6 is 0 Å². The molecular weight excluding hydrogens is 154 g/mol. The molecule has 0 aromatic carbocycles. The molecule has 3 atom stereocenters. The molecule has 0 spiro atoms. The molecule has 2 fully saturated rings. The van der Waals surface area contributed by atoms with Crippen LogP contribution in [-0.4, -0.2) is 49.0 Å². The summed E-state index contributed by atoms with van der Waals surface area (Å²) in [5.41, 5.74) is 0. The molecule has 1 N–H and O–H groups in total. The van der Waals surface area contributed by atoms with Crippen LogP contribution in [0.15, 0.2) is 0 Å². The number of methoxy groups -OCH3 is 1. The normalized spacial score (nSPS) is 41.0. The van der Waals surface area contributed by atoms with E-state index < -0.39 is 0 Å². The summed E-state index contributed by atoms with van der Waals surface area (Å²) in [6, 6.07) is 0.639. The van der Waals surface area contributed by atoms with E-state index in [9.17, 15) is 5.11 Å². The third kappa shape index (κ3) is 1.37. The molecule has 0 amide bonds. The van der Waals surface area contributed by atoms with Gasteiger partial charge in [0.2, 0.25) is 0 Å². The maximum absolute atomic E-state index is 9.50. The zero-order valence-corrected chi connectivity index (χ0v) is 7.57. The molecule has 2 aliphatic rings. The van der Waals surface area contributed by atoms with Gasteiger partial charge in [0, 0.05) is 26.2 Å². The standard InChI is InChI=1S/C9H17NO2/c1-12-3-2-10-6-7-4-8(10)5-9(7)11/h7-9,11H,2-6H2,1H3/t7-,8+,9-/m1/s1. The fraction of sp³-hybridized carbons (Fsp3) is 1.00. The van der Waals surface area contributed by atoms with Crippen molar-refractivity contribution in [1.29, 1.82) is 0 Å². The highest BCUT2D eigenvalue weighted by Crippen LogP contribution is 2.37. The summed E-state index contributed by atoms with van der Waals surface area (Å²) in [6.45, 7) is 2.93. The minimum Gasteiger partial charge on any atom is -0.393 e. The van der Waals surface area contributed by atoms with Gasteiger partial charge in [-0.1, -0.05) is 0 Å². The van der Waals surface area contributed by atoms with Gasteiger partial charge in [-0.2, -0.15) is 0 Å². The molecule has 1 aliphatic carbocycles. The average molecular weight is 171 g/mol. The van der Waals surface area contributed by atoms with Crippen molar-refractivity contribution in [2.75, 3.05) is 26.8 Å². The van der Waals surface area contributed by atoms with E-state index in [0.717, 1.165) is 26.1 Å². The average Bonchev–Trinajstić information content (AvgIpc) is 2.58. The maximum Gasteiger partial charge on any atom is 0.0596 e. The minimum absolute atomic E-state index is 0.0196. The van der Waals surface area contributed by atoms with Crippen LogP contribution in [0.4, 0.5) is 0 Å². The predicted octanol–water partition coefficient (Wildman–Crippen LogP) is 0.0879. The zero-order valence-electron chi connectivity index (χ0n) is 7.57. The zero-order chi connectivity index (χ0) is 8.55. The molecule has 1 saturated carbocycles. The number of nitrogens with zero attached hydrogens (tertiary/aromatic N) is 1. The molecule has 3 heteroatoms. The van der Waals surface area contributed by atoms with Crippen molar-refractivity contribution in [3.05, 3.63) is 0 Å². The highest BCUT2D eigenvalue weighted by Gasteiger charge is 2.43. The predicted molar refractivity (Wildman–Crippen MR) is 46.0 cm³/mol. The molecule has 3 nitrogen and oxygen atoms in total. The topological polar surface area (TPSA) is 32.7 Å². The van der Waals surface area contributed by atoms with E-state index in [4.69, 9.17) is 4.74 Å². The van der Waals surface area contributed by atoms with Crippen LogP contribution in [-0.2, 0) is 4.74 Å². The fourth-order valence-corrected chi connectivity index (χ4v) is 2.50. The van der Waals surface area contributed by atoms with Crippen molar-refractivity contribution in [2.24, 2.45) is 5.92 Å². The van der Waals surface area contributed by atoms with E-state index >= 15 is 0 Å². The van der Waals surface area contributed by atoms with Gasteiger partial charge in [-0.3, -0.25) is 4.90 Å². The first kappa shape index (κ1) is 8.48. The van der Waals surface area contributed by atoms with Gasteiger partial charge in [-0.15, -0.1) is 0 Å². The molecule has 1 aliphatic heterocycles. The van der Waals surface area contributed by atoms with Gasteiger partial charge in [0.25, 0.3) is 0 Å². The number of rotatable bonds is 3. The lowest BCUT2D eigenvalue weighted by Gasteiger charge is -2.28. The van der Waals surface area contributed by atoms with Gasteiger partial charge in [-0.25, -0.2) is 0 Å². The van der Waals surface area contributed by atoms with E-state index in [-0.39, 0.29) is 6.10 Å². The van der Waals surface area contributed by atoms with E-state index in [1.165, 1.54) is 6.42 Å². The van der Waals surface area contributed by atoms with Crippen LogP contribution < -0.4 is 0 Å².